The zero-order chi connectivity index (χ0) is 13.2. The topological polar surface area (TPSA) is 67.8 Å². The highest BCUT2D eigenvalue weighted by molar-refractivity contribution is 7.16. The van der Waals surface area contributed by atoms with Gasteiger partial charge in [0.1, 0.15) is 5.69 Å². The molecule has 0 atom stereocenters. The van der Waals surface area contributed by atoms with Crippen molar-refractivity contribution >= 4 is 33.1 Å². The van der Waals surface area contributed by atoms with Crippen LogP contribution in [0.5, 0.6) is 0 Å². The fourth-order valence-electron chi connectivity index (χ4n) is 1.64. The summed E-state index contributed by atoms with van der Waals surface area (Å²) in [5, 5.41) is 2.78. The summed E-state index contributed by atoms with van der Waals surface area (Å²) in [6.45, 7) is 1.82. The summed E-state index contributed by atoms with van der Waals surface area (Å²) in [6, 6.07) is 5.62. The first-order chi connectivity index (χ1) is 9.22. The number of hydrogen-bond donors (Lipinski definition) is 1. The maximum atomic E-state index is 12.0. The number of aromatic nitrogens is 3. The number of nitrogens with zero attached hydrogens (tertiary/aromatic N) is 3. The molecular weight excluding hydrogens is 260 g/mol. The van der Waals surface area contributed by atoms with Crippen molar-refractivity contribution < 1.29 is 4.79 Å². The SMILES string of the molecule is Cc1cnc(C(=O)Nc2ccc3scnc3c2)cn1. The van der Waals surface area contributed by atoms with Gasteiger partial charge in [-0.15, -0.1) is 11.3 Å². The second kappa shape index (κ2) is 4.74. The average molecular weight is 270 g/mol. The zero-order valence-corrected chi connectivity index (χ0v) is 10.9. The number of aryl methyl sites for hydroxylation is 1. The van der Waals surface area contributed by atoms with Crippen molar-refractivity contribution in [2.24, 2.45) is 0 Å². The predicted molar refractivity (Wildman–Crippen MR) is 74.3 cm³/mol. The lowest BCUT2D eigenvalue weighted by atomic mass is 10.3. The summed E-state index contributed by atoms with van der Waals surface area (Å²) in [5.41, 5.74) is 4.43. The molecule has 94 valence electrons. The molecular formula is C13H10N4OS. The third-order valence-corrected chi connectivity index (χ3v) is 3.41. The van der Waals surface area contributed by atoms with Gasteiger partial charge in [0.2, 0.25) is 0 Å². The highest BCUT2D eigenvalue weighted by atomic mass is 32.1. The van der Waals surface area contributed by atoms with Gasteiger partial charge in [-0.3, -0.25) is 9.78 Å². The largest absolute Gasteiger partial charge is 0.321 e. The first kappa shape index (κ1) is 11.7. The Labute approximate surface area is 113 Å². The molecule has 3 rings (SSSR count). The molecule has 19 heavy (non-hydrogen) atoms. The highest BCUT2D eigenvalue weighted by Gasteiger charge is 2.08. The number of thiazole rings is 1. The Morgan fingerprint density at radius 2 is 2.11 bits per heavy atom. The van der Waals surface area contributed by atoms with Crippen LogP contribution in [0.15, 0.2) is 36.1 Å². The molecule has 0 radical (unpaired) electrons. The fourth-order valence-corrected chi connectivity index (χ4v) is 2.30. The molecule has 0 fully saturated rings. The van der Waals surface area contributed by atoms with Crippen LogP contribution in [0.1, 0.15) is 16.2 Å². The molecule has 3 aromatic rings. The molecule has 1 amide bonds. The molecule has 0 bridgehead atoms. The van der Waals surface area contributed by atoms with Gasteiger partial charge in [-0.05, 0) is 25.1 Å². The Kier molecular flexibility index (Phi) is 2.92. The third-order valence-electron chi connectivity index (χ3n) is 2.60. The van der Waals surface area contributed by atoms with Crippen LogP contribution < -0.4 is 5.32 Å². The normalized spacial score (nSPS) is 10.6. The standard InChI is InChI=1S/C13H10N4OS/c1-8-5-15-11(6-14-8)13(18)17-9-2-3-12-10(4-9)16-7-19-12/h2-7H,1H3,(H,17,18). The quantitative estimate of drug-likeness (QED) is 0.777. The van der Waals surface area contributed by atoms with Crippen LogP contribution in [0.4, 0.5) is 5.69 Å². The molecule has 0 saturated heterocycles. The number of fused-ring (bicyclic) bond motifs is 1. The number of rotatable bonds is 2. The summed E-state index contributed by atoms with van der Waals surface area (Å²) >= 11 is 1.57. The van der Waals surface area contributed by atoms with Gasteiger partial charge < -0.3 is 5.32 Å². The molecule has 6 heteroatoms. The van der Waals surface area contributed by atoms with Crippen molar-refractivity contribution in [2.45, 2.75) is 6.92 Å². The van der Waals surface area contributed by atoms with Gasteiger partial charge in [0.25, 0.3) is 5.91 Å². The monoisotopic (exact) mass is 270 g/mol. The first-order valence-electron chi connectivity index (χ1n) is 5.65. The second-order valence-electron chi connectivity index (χ2n) is 4.03. The molecule has 1 aromatic carbocycles. The van der Waals surface area contributed by atoms with E-state index in [0.29, 0.717) is 11.4 Å². The summed E-state index contributed by atoms with van der Waals surface area (Å²) in [6.07, 6.45) is 3.03. The van der Waals surface area contributed by atoms with E-state index in [9.17, 15) is 4.79 Å². The second-order valence-corrected chi connectivity index (χ2v) is 4.92. The molecule has 2 aromatic heterocycles. The van der Waals surface area contributed by atoms with Gasteiger partial charge in [0.05, 0.1) is 27.6 Å². The highest BCUT2D eigenvalue weighted by Crippen LogP contribution is 2.21. The Balaban J connectivity index is 1.83. The smallest absolute Gasteiger partial charge is 0.275 e. The zero-order valence-electron chi connectivity index (χ0n) is 10.1. The molecule has 0 aliphatic rings. The van der Waals surface area contributed by atoms with Crippen LogP contribution in [0, 0.1) is 6.92 Å². The molecule has 0 unspecified atom stereocenters. The van der Waals surface area contributed by atoms with E-state index in [0.717, 1.165) is 15.9 Å². The van der Waals surface area contributed by atoms with E-state index in [1.54, 1.807) is 23.0 Å². The number of anilines is 1. The molecule has 2 heterocycles. The molecule has 0 aliphatic carbocycles. The summed E-state index contributed by atoms with van der Waals surface area (Å²) in [5.74, 6) is -0.276. The Bertz CT molecular complexity index is 736. The molecule has 1 N–H and O–H groups in total. The van der Waals surface area contributed by atoms with E-state index in [4.69, 9.17) is 0 Å². The van der Waals surface area contributed by atoms with E-state index in [-0.39, 0.29) is 5.91 Å². The van der Waals surface area contributed by atoms with E-state index in [2.05, 4.69) is 20.3 Å². The maximum Gasteiger partial charge on any atom is 0.275 e. The molecule has 0 saturated carbocycles. The average Bonchev–Trinajstić information content (AvgIpc) is 2.87. The van der Waals surface area contributed by atoms with Gasteiger partial charge in [-0.25, -0.2) is 9.97 Å². The van der Waals surface area contributed by atoms with Crippen molar-refractivity contribution in [3.63, 3.8) is 0 Å². The maximum absolute atomic E-state index is 12.0. The van der Waals surface area contributed by atoms with Crippen molar-refractivity contribution in [2.75, 3.05) is 5.32 Å². The molecule has 0 aliphatic heterocycles. The molecule has 0 spiro atoms. The number of hydrogen-bond acceptors (Lipinski definition) is 5. The van der Waals surface area contributed by atoms with Gasteiger partial charge in [-0.2, -0.15) is 0 Å². The van der Waals surface area contributed by atoms with Crippen molar-refractivity contribution in [3.05, 3.63) is 47.5 Å². The van der Waals surface area contributed by atoms with Crippen LogP contribution >= 0.6 is 11.3 Å². The minimum atomic E-state index is -0.276. The Hall–Kier alpha value is -2.34. The lowest BCUT2D eigenvalue weighted by Gasteiger charge is -2.04. The third kappa shape index (κ3) is 2.43. The Morgan fingerprint density at radius 3 is 2.89 bits per heavy atom. The predicted octanol–water partition coefficient (Wildman–Crippen LogP) is 2.65. The number of carbonyl (C=O) groups excluding carboxylic acids is 1. The minimum Gasteiger partial charge on any atom is -0.321 e. The Morgan fingerprint density at radius 1 is 1.21 bits per heavy atom. The van der Waals surface area contributed by atoms with E-state index in [1.807, 2.05) is 25.1 Å². The number of benzene rings is 1. The van der Waals surface area contributed by atoms with Crippen LogP contribution in [-0.2, 0) is 0 Å². The van der Waals surface area contributed by atoms with E-state index >= 15 is 0 Å². The van der Waals surface area contributed by atoms with Crippen LogP contribution in [0.25, 0.3) is 10.2 Å². The van der Waals surface area contributed by atoms with Gasteiger partial charge >= 0.3 is 0 Å². The summed E-state index contributed by atoms with van der Waals surface area (Å²) in [7, 11) is 0. The summed E-state index contributed by atoms with van der Waals surface area (Å²) < 4.78 is 1.09. The van der Waals surface area contributed by atoms with Gasteiger partial charge in [-0.1, -0.05) is 0 Å². The van der Waals surface area contributed by atoms with Crippen LogP contribution in [0.3, 0.4) is 0 Å². The van der Waals surface area contributed by atoms with Crippen molar-refractivity contribution in [3.8, 4) is 0 Å². The van der Waals surface area contributed by atoms with Crippen molar-refractivity contribution in [1.82, 2.24) is 15.0 Å². The summed E-state index contributed by atoms with van der Waals surface area (Å²) in [4.78, 5) is 24.3. The lowest BCUT2D eigenvalue weighted by Crippen LogP contribution is -2.14. The number of amides is 1. The van der Waals surface area contributed by atoms with E-state index in [1.165, 1.54) is 6.20 Å². The lowest BCUT2D eigenvalue weighted by molar-refractivity contribution is 0.102. The van der Waals surface area contributed by atoms with Crippen molar-refractivity contribution in [1.29, 1.82) is 0 Å². The fraction of sp³-hybridized carbons (Fsp3) is 0.0769. The van der Waals surface area contributed by atoms with Crippen LogP contribution in [0.2, 0.25) is 0 Å². The molecule has 5 nitrogen and oxygen atoms in total. The van der Waals surface area contributed by atoms with E-state index < -0.39 is 0 Å². The van der Waals surface area contributed by atoms with Gasteiger partial charge in [0, 0.05) is 11.9 Å². The van der Waals surface area contributed by atoms with Gasteiger partial charge in [0.15, 0.2) is 0 Å². The van der Waals surface area contributed by atoms with Crippen LogP contribution in [-0.4, -0.2) is 20.9 Å². The first-order valence-corrected chi connectivity index (χ1v) is 6.53. The number of nitrogens with one attached hydrogen (secondary N) is 1. The number of carbonyl (C=O) groups is 1. The minimum absolute atomic E-state index is 0.276.